The average Bonchev–Trinajstić information content (AvgIpc) is 2.78. The molecule has 0 saturated heterocycles. The molecule has 0 amide bonds. The Morgan fingerprint density at radius 1 is 1.44 bits per heavy atom. The number of nitrogens with two attached hydrogens (primary N) is 1. The van der Waals surface area contributed by atoms with Crippen LogP contribution in [0.1, 0.15) is 18.8 Å². The third kappa shape index (κ3) is 1.88. The summed E-state index contributed by atoms with van der Waals surface area (Å²) in [7, 11) is 0. The van der Waals surface area contributed by atoms with Gasteiger partial charge >= 0.3 is 0 Å². The van der Waals surface area contributed by atoms with Gasteiger partial charge in [0.2, 0.25) is 0 Å². The molecule has 2 heterocycles. The fourth-order valence-electron chi connectivity index (χ4n) is 1.31. The molecule has 2 aromatic heterocycles. The van der Waals surface area contributed by atoms with E-state index in [0.29, 0.717) is 5.82 Å². The number of aromatic nitrogens is 4. The van der Waals surface area contributed by atoms with Gasteiger partial charge in [-0.05, 0) is 6.92 Å². The Morgan fingerprint density at radius 2 is 2.25 bits per heavy atom. The van der Waals surface area contributed by atoms with E-state index in [4.69, 9.17) is 5.73 Å². The number of nitrogen functional groups attached to an aromatic ring is 1. The number of rotatable bonds is 3. The number of hydrogen-bond acceptors (Lipinski definition) is 5. The highest BCUT2D eigenvalue weighted by Gasteiger charge is 2.11. The monoisotopic (exact) mass is 220 g/mol. The molecule has 5 N–H and O–H groups in total. The van der Waals surface area contributed by atoms with E-state index in [1.807, 2.05) is 6.92 Å². The maximum absolute atomic E-state index is 11.2. The van der Waals surface area contributed by atoms with E-state index in [1.54, 1.807) is 12.4 Å². The highest BCUT2D eigenvalue weighted by molar-refractivity contribution is 5.59. The molecular weight excluding hydrogens is 208 g/mol. The normalized spacial score (nSPS) is 12.3. The van der Waals surface area contributed by atoms with Crippen LogP contribution in [0.2, 0.25) is 0 Å². The summed E-state index contributed by atoms with van der Waals surface area (Å²) in [6.45, 7) is 1.89. The Morgan fingerprint density at radius 3 is 2.94 bits per heavy atom. The van der Waals surface area contributed by atoms with Gasteiger partial charge in [0.25, 0.3) is 5.56 Å². The van der Waals surface area contributed by atoms with Crippen molar-refractivity contribution in [2.75, 3.05) is 11.1 Å². The van der Waals surface area contributed by atoms with Gasteiger partial charge in [-0.1, -0.05) is 0 Å². The highest BCUT2D eigenvalue weighted by Crippen LogP contribution is 2.16. The zero-order valence-corrected chi connectivity index (χ0v) is 8.69. The first-order valence-electron chi connectivity index (χ1n) is 4.77. The van der Waals surface area contributed by atoms with Crippen LogP contribution in [0.25, 0.3) is 0 Å². The molecule has 16 heavy (non-hydrogen) atoms. The molecule has 0 aliphatic heterocycles. The first-order valence-corrected chi connectivity index (χ1v) is 4.77. The van der Waals surface area contributed by atoms with Gasteiger partial charge < -0.3 is 21.0 Å². The molecule has 0 aliphatic rings. The van der Waals surface area contributed by atoms with Crippen molar-refractivity contribution in [1.82, 2.24) is 19.9 Å². The van der Waals surface area contributed by atoms with Crippen LogP contribution >= 0.6 is 0 Å². The second kappa shape index (κ2) is 4.05. The van der Waals surface area contributed by atoms with Crippen molar-refractivity contribution >= 4 is 11.5 Å². The number of H-pyrrole nitrogens is 2. The molecule has 7 heteroatoms. The maximum atomic E-state index is 11.2. The Hall–Kier alpha value is -2.31. The zero-order chi connectivity index (χ0) is 11.5. The van der Waals surface area contributed by atoms with E-state index in [0.717, 1.165) is 5.82 Å². The van der Waals surface area contributed by atoms with Gasteiger partial charge in [0.15, 0.2) is 5.82 Å². The molecule has 0 aliphatic carbocycles. The zero-order valence-electron chi connectivity index (χ0n) is 8.69. The largest absolute Gasteiger partial charge is 0.391 e. The summed E-state index contributed by atoms with van der Waals surface area (Å²) in [5, 5.41) is 3.00. The van der Waals surface area contributed by atoms with Crippen LogP contribution in [-0.2, 0) is 0 Å². The van der Waals surface area contributed by atoms with Gasteiger partial charge in [0.05, 0.1) is 12.4 Å². The standard InChI is InChI=1S/C9H12N6O/c1-5(7-11-2-3-12-7)15-8-6(10)9(16)14-4-13-8/h2-5H,10H2,1H3,(H,11,12)(H2,13,14,15,16). The average molecular weight is 220 g/mol. The Balaban J connectivity index is 2.21. The summed E-state index contributed by atoms with van der Waals surface area (Å²) < 4.78 is 0. The van der Waals surface area contributed by atoms with Crippen molar-refractivity contribution in [2.24, 2.45) is 0 Å². The predicted molar refractivity (Wildman–Crippen MR) is 59.9 cm³/mol. The van der Waals surface area contributed by atoms with Crippen molar-refractivity contribution in [3.63, 3.8) is 0 Å². The van der Waals surface area contributed by atoms with Gasteiger partial charge in [-0.15, -0.1) is 0 Å². The van der Waals surface area contributed by atoms with Crippen LogP contribution in [0.3, 0.4) is 0 Å². The summed E-state index contributed by atoms with van der Waals surface area (Å²) >= 11 is 0. The van der Waals surface area contributed by atoms with Crippen LogP contribution in [-0.4, -0.2) is 19.9 Å². The molecule has 1 unspecified atom stereocenters. The molecule has 2 rings (SSSR count). The molecule has 0 bridgehead atoms. The Bertz CT molecular complexity index is 517. The van der Waals surface area contributed by atoms with Crippen LogP contribution in [0, 0.1) is 0 Å². The molecule has 0 saturated carbocycles. The lowest BCUT2D eigenvalue weighted by atomic mass is 10.3. The summed E-state index contributed by atoms with van der Waals surface area (Å²) in [5.41, 5.74) is 5.30. The molecule has 0 radical (unpaired) electrons. The number of aromatic amines is 2. The minimum absolute atomic E-state index is 0.0703. The predicted octanol–water partition coefficient (Wildman–Crippen LogP) is 0.248. The van der Waals surface area contributed by atoms with E-state index in [2.05, 4.69) is 25.3 Å². The first kappa shape index (κ1) is 10.2. The maximum Gasteiger partial charge on any atom is 0.276 e. The number of hydrogen-bond donors (Lipinski definition) is 4. The molecular formula is C9H12N6O. The van der Waals surface area contributed by atoms with Gasteiger partial charge in [-0.3, -0.25) is 4.79 Å². The topological polar surface area (TPSA) is 112 Å². The van der Waals surface area contributed by atoms with Crippen molar-refractivity contribution in [3.8, 4) is 0 Å². The lowest BCUT2D eigenvalue weighted by Crippen LogP contribution is -2.18. The lowest BCUT2D eigenvalue weighted by Gasteiger charge is -2.12. The SMILES string of the molecule is CC(Nc1nc[nH]c(=O)c1N)c1ncc[nH]1. The molecule has 0 spiro atoms. The number of imidazole rings is 1. The molecule has 0 fully saturated rings. The highest BCUT2D eigenvalue weighted by atomic mass is 16.1. The molecule has 7 nitrogen and oxygen atoms in total. The fourth-order valence-corrected chi connectivity index (χ4v) is 1.31. The van der Waals surface area contributed by atoms with E-state index < -0.39 is 0 Å². The van der Waals surface area contributed by atoms with E-state index >= 15 is 0 Å². The summed E-state index contributed by atoms with van der Waals surface area (Å²) in [6, 6.07) is -0.105. The summed E-state index contributed by atoms with van der Waals surface area (Å²) in [6.07, 6.45) is 4.68. The Kier molecular flexibility index (Phi) is 2.59. The molecule has 2 aromatic rings. The third-order valence-corrected chi connectivity index (χ3v) is 2.17. The first-order chi connectivity index (χ1) is 7.68. The van der Waals surface area contributed by atoms with E-state index in [-0.39, 0.29) is 17.3 Å². The minimum Gasteiger partial charge on any atom is -0.391 e. The van der Waals surface area contributed by atoms with Crippen molar-refractivity contribution in [2.45, 2.75) is 13.0 Å². The second-order valence-electron chi connectivity index (χ2n) is 3.33. The second-order valence-corrected chi connectivity index (χ2v) is 3.33. The van der Waals surface area contributed by atoms with Gasteiger partial charge in [0.1, 0.15) is 11.5 Å². The number of nitrogens with zero attached hydrogens (tertiary/aromatic N) is 2. The van der Waals surface area contributed by atoms with Gasteiger partial charge in [-0.25, -0.2) is 9.97 Å². The summed E-state index contributed by atoms with van der Waals surface area (Å²) in [4.78, 5) is 24.6. The Labute approximate surface area is 91.1 Å². The van der Waals surface area contributed by atoms with E-state index in [1.165, 1.54) is 6.33 Å². The van der Waals surface area contributed by atoms with Crippen LogP contribution in [0.4, 0.5) is 11.5 Å². The van der Waals surface area contributed by atoms with Crippen LogP contribution in [0.15, 0.2) is 23.5 Å². The van der Waals surface area contributed by atoms with Gasteiger partial charge in [-0.2, -0.15) is 0 Å². The van der Waals surface area contributed by atoms with Gasteiger partial charge in [0, 0.05) is 12.4 Å². The number of anilines is 2. The molecule has 0 aromatic carbocycles. The fraction of sp³-hybridized carbons (Fsp3) is 0.222. The van der Waals surface area contributed by atoms with E-state index in [9.17, 15) is 4.79 Å². The number of nitrogens with one attached hydrogen (secondary N) is 3. The van der Waals surface area contributed by atoms with Crippen molar-refractivity contribution < 1.29 is 0 Å². The lowest BCUT2D eigenvalue weighted by molar-refractivity contribution is 0.802. The third-order valence-electron chi connectivity index (χ3n) is 2.17. The molecule has 84 valence electrons. The van der Waals surface area contributed by atoms with Crippen molar-refractivity contribution in [1.29, 1.82) is 0 Å². The van der Waals surface area contributed by atoms with Crippen molar-refractivity contribution in [3.05, 3.63) is 34.9 Å². The smallest absolute Gasteiger partial charge is 0.276 e. The van der Waals surface area contributed by atoms with Crippen LogP contribution < -0.4 is 16.6 Å². The minimum atomic E-state index is -0.357. The van der Waals surface area contributed by atoms with Crippen LogP contribution in [0.5, 0.6) is 0 Å². The quantitative estimate of drug-likeness (QED) is 0.592. The molecule has 1 atom stereocenters. The summed E-state index contributed by atoms with van der Waals surface area (Å²) in [5.74, 6) is 1.11.